The van der Waals surface area contributed by atoms with Gasteiger partial charge < -0.3 is 16.3 Å². The molecule has 0 unspecified atom stereocenters. The first-order valence-corrected chi connectivity index (χ1v) is 5.46. The number of hydrogen-bond acceptors (Lipinski definition) is 6. The Balaban J connectivity index is 2.29. The Bertz CT molecular complexity index is 390. The van der Waals surface area contributed by atoms with Crippen molar-refractivity contribution in [2.75, 3.05) is 6.54 Å². The number of nitrogens with two attached hydrogens (primary N) is 1. The average molecular weight is 243 g/mol. The second-order valence-electron chi connectivity index (χ2n) is 3.14. The maximum atomic E-state index is 11.5. The Morgan fingerprint density at radius 2 is 2.44 bits per heavy atom. The van der Waals surface area contributed by atoms with E-state index < -0.39 is 0 Å². The molecule has 0 bridgehead atoms. The van der Waals surface area contributed by atoms with Crippen molar-refractivity contribution in [2.45, 2.75) is 19.8 Å². The number of aromatic nitrogens is 2. The van der Waals surface area contributed by atoms with Crippen LogP contribution in [0.2, 0.25) is 0 Å². The Morgan fingerprint density at radius 3 is 3.00 bits per heavy atom. The fourth-order valence-electron chi connectivity index (χ4n) is 1.04. The standard InChI is InChI=1S/C8H13N5O2S/c1-5-7(16-13-11-5)8(14)10-4-2-3-6(9)12-15/h15H,2-4H2,1H3,(H2,9,12)(H,10,14). The molecule has 0 radical (unpaired) electrons. The van der Waals surface area contributed by atoms with Crippen molar-refractivity contribution in [1.82, 2.24) is 14.9 Å². The number of hydrogen-bond donors (Lipinski definition) is 3. The fourth-order valence-corrected chi connectivity index (χ4v) is 1.61. The van der Waals surface area contributed by atoms with Gasteiger partial charge in [-0.3, -0.25) is 4.79 Å². The van der Waals surface area contributed by atoms with Gasteiger partial charge in [-0.15, -0.1) is 5.10 Å². The predicted octanol–water partition coefficient (Wildman–Crippen LogP) is 0.103. The van der Waals surface area contributed by atoms with Gasteiger partial charge in [-0.05, 0) is 24.9 Å². The van der Waals surface area contributed by atoms with E-state index in [1.165, 1.54) is 0 Å². The van der Waals surface area contributed by atoms with Crippen molar-refractivity contribution in [3.8, 4) is 0 Å². The molecule has 0 aliphatic rings. The first-order chi connectivity index (χ1) is 7.65. The molecule has 0 saturated carbocycles. The van der Waals surface area contributed by atoms with Gasteiger partial charge in [-0.25, -0.2) is 0 Å². The molecule has 1 amide bonds. The average Bonchev–Trinajstić information content (AvgIpc) is 2.70. The molecular weight excluding hydrogens is 230 g/mol. The van der Waals surface area contributed by atoms with Gasteiger partial charge in [-0.1, -0.05) is 9.64 Å². The first-order valence-electron chi connectivity index (χ1n) is 4.68. The van der Waals surface area contributed by atoms with Crippen molar-refractivity contribution in [2.24, 2.45) is 10.9 Å². The predicted molar refractivity (Wildman–Crippen MR) is 59.6 cm³/mol. The van der Waals surface area contributed by atoms with Crippen LogP contribution in [-0.2, 0) is 0 Å². The molecule has 8 heteroatoms. The minimum absolute atomic E-state index is 0.157. The zero-order valence-electron chi connectivity index (χ0n) is 8.80. The van der Waals surface area contributed by atoms with Gasteiger partial charge in [0, 0.05) is 13.0 Å². The topological polar surface area (TPSA) is 113 Å². The Labute approximate surface area is 96.5 Å². The highest BCUT2D eigenvalue weighted by Gasteiger charge is 2.11. The van der Waals surface area contributed by atoms with E-state index in [1.807, 2.05) is 0 Å². The van der Waals surface area contributed by atoms with E-state index >= 15 is 0 Å². The number of amidine groups is 1. The third-order valence-corrected chi connectivity index (χ3v) is 2.71. The van der Waals surface area contributed by atoms with E-state index in [0.29, 0.717) is 30.0 Å². The highest BCUT2D eigenvalue weighted by Crippen LogP contribution is 2.08. The van der Waals surface area contributed by atoms with Gasteiger partial charge in [0.05, 0.1) is 5.69 Å². The quantitative estimate of drug-likeness (QED) is 0.223. The first kappa shape index (κ1) is 12.4. The lowest BCUT2D eigenvalue weighted by molar-refractivity contribution is 0.0956. The largest absolute Gasteiger partial charge is 0.409 e. The highest BCUT2D eigenvalue weighted by molar-refractivity contribution is 7.07. The SMILES string of the molecule is Cc1nnsc1C(=O)NCCCC(N)=NO. The molecule has 0 aliphatic heterocycles. The van der Waals surface area contributed by atoms with Gasteiger partial charge in [0.15, 0.2) is 0 Å². The number of oxime groups is 1. The molecule has 1 aromatic heterocycles. The molecule has 7 nitrogen and oxygen atoms in total. The molecule has 4 N–H and O–H groups in total. The van der Waals surface area contributed by atoms with E-state index in [4.69, 9.17) is 10.9 Å². The van der Waals surface area contributed by atoms with Gasteiger partial charge in [0.25, 0.3) is 5.91 Å². The molecule has 0 fully saturated rings. The van der Waals surface area contributed by atoms with Crippen LogP contribution in [0, 0.1) is 6.92 Å². The molecule has 0 atom stereocenters. The molecule has 0 saturated heterocycles. The molecule has 1 rings (SSSR count). The molecule has 16 heavy (non-hydrogen) atoms. The second-order valence-corrected chi connectivity index (χ2v) is 3.89. The second kappa shape index (κ2) is 6.01. The van der Waals surface area contributed by atoms with E-state index in [0.717, 1.165) is 11.5 Å². The van der Waals surface area contributed by atoms with E-state index in [9.17, 15) is 4.79 Å². The third-order valence-electron chi connectivity index (χ3n) is 1.88. The van der Waals surface area contributed by atoms with E-state index in [1.54, 1.807) is 6.92 Å². The van der Waals surface area contributed by atoms with Crippen LogP contribution in [0.3, 0.4) is 0 Å². The van der Waals surface area contributed by atoms with Gasteiger partial charge >= 0.3 is 0 Å². The Hall–Kier alpha value is -1.70. The van der Waals surface area contributed by atoms with Crippen molar-refractivity contribution in [3.05, 3.63) is 10.6 Å². The lowest BCUT2D eigenvalue weighted by Crippen LogP contribution is -2.25. The molecule has 1 heterocycles. The summed E-state index contributed by atoms with van der Waals surface area (Å²) in [4.78, 5) is 12.1. The Morgan fingerprint density at radius 1 is 1.69 bits per heavy atom. The number of nitrogens with zero attached hydrogens (tertiary/aromatic N) is 3. The zero-order chi connectivity index (χ0) is 12.0. The summed E-state index contributed by atoms with van der Waals surface area (Å²) in [6.45, 7) is 2.20. The van der Waals surface area contributed by atoms with Crippen LogP contribution in [0.1, 0.15) is 28.2 Å². The van der Waals surface area contributed by atoms with E-state index in [2.05, 4.69) is 20.1 Å². The molecule has 0 aliphatic carbocycles. The molecule has 0 spiro atoms. The molecule has 0 aromatic carbocycles. The summed E-state index contributed by atoms with van der Waals surface area (Å²) in [5.74, 6) is -0.0307. The smallest absolute Gasteiger partial charge is 0.264 e. The monoisotopic (exact) mass is 243 g/mol. The maximum Gasteiger partial charge on any atom is 0.264 e. The van der Waals surface area contributed by atoms with Crippen LogP contribution >= 0.6 is 11.5 Å². The van der Waals surface area contributed by atoms with Crippen LogP contribution < -0.4 is 11.1 Å². The number of aryl methyl sites for hydroxylation is 1. The van der Waals surface area contributed by atoms with E-state index in [-0.39, 0.29) is 11.7 Å². The summed E-state index contributed by atoms with van der Waals surface area (Å²) in [5, 5.41) is 17.6. The summed E-state index contributed by atoms with van der Waals surface area (Å²) in [5.41, 5.74) is 5.90. The maximum absolute atomic E-state index is 11.5. The third kappa shape index (κ3) is 3.46. The minimum Gasteiger partial charge on any atom is -0.409 e. The summed E-state index contributed by atoms with van der Waals surface area (Å²) >= 11 is 1.06. The van der Waals surface area contributed by atoms with Crippen LogP contribution in [0.25, 0.3) is 0 Å². The molecular formula is C8H13N5O2S. The minimum atomic E-state index is -0.188. The summed E-state index contributed by atoms with van der Waals surface area (Å²) in [7, 11) is 0. The Kier molecular flexibility index (Phi) is 4.65. The normalized spacial score (nSPS) is 11.4. The number of carbonyl (C=O) groups is 1. The highest BCUT2D eigenvalue weighted by atomic mass is 32.1. The van der Waals surface area contributed by atoms with Crippen molar-refractivity contribution >= 4 is 23.3 Å². The summed E-state index contributed by atoms with van der Waals surface area (Å²) in [6, 6.07) is 0. The number of amides is 1. The van der Waals surface area contributed by atoms with Crippen LogP contribution in [0.5, 0.6) is 0 Å². The van der Waals surface area contributed by atoms with Crippen molar-refractivity contribution in [3.63, 3.8) is 0 Å². The van der Waals surface area contributed by atoms with Crippen LogP contribution in [0.15, 0.2) is 5.16 Å². The lowest BCUT2D eigenvalue weighted by atomic mass is 10.3. The fraction of sp³-hybridized carbons (Fsp3) is 0.500. The summed E-state index contributed by atoms with van der Waals surface area (Å²) < 4.78 is 3.67. The molecule has 1 aromatic rings. The van der Waals surface area contributed by atoms with Gasteiger partial charge in [0.1, 0.15) is 10.7 Å². The van der Waals surface area contributed by atoms with Crippen LogP contribution in [0.4, 0.5) is 0 Å². The van der Waals surface area contributed by atoms with Gasteiger partial charge in [0.2, 0.25) is 0 Å². The summed E-state index contributed by atoms with van der Waals surface area (Å²) in [6.07, 6.45) is 1.06. The van der Waals surface area contributed by atoms with Crippen molar-refractivity contribution in [1.29, 1.82) is 0 Å². The lowest BCUT2D eigenvalue weighted by Gasteiger charge is -2.02. The van der Waals surface area contributed by atoms with Crippen LogP contribution in [-0.4, -0.2) is 33.1 Å². The zero-order valence-corrected chi connectivity index (χ0v) is 9.62. The number of nitrogens with one attached hydrogen (secondary N) is 1. The number of rotatable bonds is 5. The number of carbonyl (C=O) groups excluding carboxylic acids is 1. The van der Waals surface area contributed by atoms with Gasteiger partial charge in [-0.2, -0.15) is 0 Å². The molecule has 88 valence electrons. The van der Waals surface area contributed by atoms with Crippen molar-refractivity contribution < 1.29 is 10.0 Å².